The highest BCUT2D eigenvalue weighted by molar-refractivity contribution is 7.99. The summed E-state index contributed by atoms with van der Waals surface area (Å²) < 4.78 is 2.19. The molecule has 0 spiro atoms. The smallest absolute Gasteiger partial charge is 0.273 e. The minimum Gasteiger partial charge on any atom is -0.324 e. The maximum Gasteiger partial charge on any atom is 0.273 e. The quantitative estimate of drug-likeness (QED) is 0.618. The Labute approximate surface area is 124 Å². The highest BCUT2D eigenvalue weighted by Gasteiger charge is 2.25. The number of piperidine rings is 1. The van der Waals surface area contributed by atoms with E-state index in [2.05, 4.69) is 21.5 Å². The minimum absolute atomic E-state index is 0.112. The van der Waals surface area contributed by atoms with Crippen LogP contribution in [-0.2, 0) is 0 Å². The summed E-state index contributed by atoms with van der Waals surface area (Å²) in [7, 11) is 2.23. The van der Waals surface area contributed by atoms with Gasteiger partial charge in [-0.15, -0.1) is 0 Å². The van der Waals surface area contributed by atoms with Gasteiger partial charge in [0.25, 0.3) is 5.56 Å². The molecule has 2 fully saturated rings. The van der Waals surface area contributed by atoms with E-state index in [-0.39, 0.29) is 5.56 Å². The zero-order valence-electron chi connectivity index (χ0n) is 12.1. The van der Waals surface area contributed by atoms with E-state index in [1.165, 1.54) is 45.1 Å². The number of thioether (sulfide) groups is 1. The molecule has 0 aromatic carbocycles. The molecule has 1 aliphatic heterocycles. The molecule has 0 bridgehead atoms. The van der Waals surface area contributed by atoms with Gasteiger partial charge in [0, 0.05) is 30.1 Å². The van der Waals surface area contributed by atoms with Gasteiger partial charge in [-0.05, 0) is 45.7 Å². The fraction of sp³-hybridized carbons (Fsp3) is 0.733. The summed E-state index contributed by atoms with van der Waals surface area (Å²) in [5, 5.41) is 0.915. The third-order valence-electron chi connectivity index (χ3n) is 4.35. The molecule has 1 atom stereocenters. The Balaban J connectivity index is 1.57. The summed E-state index contributed by atoms with van der Waals surface area (Å²) in [5.41, 5.74) is -0.112. The van der Waals surface area contributed by atoms with Crippen molar-refractivity contribution >= 4 is 11.8 Å². The van der Waals surface area contributed by atoms with Gasteiger partial charge in [-0.25, -0.2) is 0 Å². The fourth-order valence-electron chi connectivity index (χ4n) is 2.93. The van der Waals surface area contributed by atoms with Crippen LogP contribution in [0.15, 0.2) is 22.2 Å². The summed E-state index contributed by atoms with van der Waals surface area (Å²) in [6, 6.07) is 2.88. The molecule has 1 aliphatic carbocycles. The lowest BCUT2D eigenvalue weighted by Crippen LogP contribution is -2.36. The second-order valence-electron chi connectivity index (χ2n) is 5.95. The van der Waals surface area contributed by atoms with E-state index in [0.717, 1.165) is 10.9 Å². The van der Waals surface area contributed by atoms with Crippen LogP contribution in [0.3, 0.4) is 0 Å². The Hall–Kier alpha value is -0.810. The lowest BCUT2D eigenvalue weighted by atomic mass is 10.0. The van der Waals surface area contributed by atoms with Gasteiger partial charge in [0.1, 0.15) is 0 Å². The Morgan fingerprint density at radius 3 is 2.95 bits per heavy atom. The van der Waals surface area contributed by atoms with E-state index in [1.807, 2.05) is 6.20 Å². The minimum atomic E-state index is -0.112. The number of hydrogen-bond acceptors (Lipinski definition) is 4. The molecule has 1 saturated heterocycles. The van der Waals surface area contributed by atoms with Gasteiger partial charge in [0.15, 0.2) is 5.16 Å². The maximum absolute atomic E-state index is 11.5. The standard InChI is InChI=1S/C15H23N3OS/c1-17-9-3-2-4-12(17)8-11-20-15-16-14(19)7-10-18(15)13-5-6-13/h7,10,12-13H,2-6,8-9,11H2,1H3. The Morgan fingerprint density at radius 1 is 1.35 bits per heavy atom. The number of nitrogens with zero attached hydrogens (tertiary/aromatic N) is 3. The Kier molecular flexibility index (Phi) is 4.46. The summed E-state index contributed by atoms with van der Waals surface area (Å²) in [4.78, 5) is 18.1. The SMILES string of the molecule is CN1CCCCC1CCSc1nc(=O)ccn1C1CC1. The van der Waals surface area contributed by atoms with E-state index in [0.29, 0.717) is 12.1 Å². The van der Waals surface area contributed by atoms with Crippen LogP contribution < -0.4 is 5.56 Å². The summed E-state index contributed by atoms with van der Waals surface area (Å²) in [5.74, 6) is 1.05. The third kappa shape index (κ3) is 3.44. The van der Waals surface area contributed by atoms with Crippen molar-refractivity contribution in [2.24, 2.45) is 0 Å². The summed E-state index contributed by atoms with van der Waals surface area (Å²) >= 11 is 1.75. The average molecular weight is 293 g/mol. The topological polar surface area (TPSA) is 38.1 Å². The van der Waals surface area contributed by atoms with Gasteiger partial charge in [-0.2, -0.15) is 4.98 Å². The van der Waals surface area contributed by atoms with Crippen molar-refractivity contribution in [3.8, 4) is 0 Å². The van der Waals surface area contributed by atoms with Crippen molar-refractivity contribution < 1.29 is 0 Å². The van der Waals surface area contributed by atoms with Gasteiger partial charge < -0.3 is 9.47 Å². The second-order valence-corrected chi connectivity index (χ2v) is 7.02. The molecule has 0 amide bonds. The molecule has 2 heterocycles. The van der Waals surface area contributed by atoms with Crippen LogP contribution >= 0.6 is 11.8 Å². The first-order chi connectivity index (χ1) is 9.74. The number of aromatic nitrogens is 2. The van der Waals surface area contributed by atoms with Crippen LogP contribution in [0.25, 0.3) is 0 Å². The molecule has 1 aromatic heterocycles. The van der Waals surface area contributed by atoms with Crippen molar-refractivity contribution in [2.45, 2.75) is 55.8 Å². The summed E-state index contributed by atoms with van der Waals surface area (Å²) in [6.45, 7) is 1.23. The van der Waals surface area contributed by atoms with Crippen molar-refractivity contribution in [1.82, 2.24) is 14.5 Å². The molecule has 1 saturated carbocycles. The van der Waals surface area contributed by atoms with Crippen molar-refractivity contribution in [1.29, 1.82) is 0 Å². The first kappa shape index (κ1) is 14.1. The fourth-order valence-corrected chi connectivity index (χ4v) is 4.02. The Morgan fingerprint density at radius 2 is 2.20 bits per heavy atom. The van der Waals surface area contributed by atoms with Gasteiger partial charge in [0.05, 0.1) is 0 Å². The van der Waals surface area contributed by atoms with E-state index in [9.17, 15) is 4.79 Å². The first-order valence-corrected chi connectivity index (χ1v) is 8.65. The van der Waals surface area contributed by atoms with Crippen molar-refractivity contribution in [3.63, 3.8) is 0 Å². The molecular weight excluding hydrogens is 270 g/mol. The molecule has 5 heteroatoms. The van der Waals surface area contributed by atoms with Crippen LogP contribution in [0, 0.1) is 0 Å². The lowest BCUT2D eigenvalue weighted by Gasteiger charge is -2.32. The molecule has 0 N–H and O–H groups in total. The zero-order valence-corrected chi connectivity index (χ0v) is 12.9. The van der Waals surface area contributed by atoms with E-state index >= 15 is 0 Å². The monoisotopic (exact) mass is 293 g/mol. The normalized spacial score (nSPS) is 23.9. The summed E-state index contributed by atoms with van der Waals surface area (Å²) in [6.07, 6.45) is 9.57. The van der Waals surface area contributed by atoms with Crippen LogP contribution in [0.5, 0.6) is 0 Å². The van der Waals surface area contributed by atoms with Crippen molar-refractivity contribution in [3.05, 3.63) is 22.6 Å². The predicted molar refractivity (Wildman–Crippen MR) is 82.4 cm³/mol. The lowest BCUT2D eigenvalue weighted by molar-refractivity contribution is 0.182. The molecule has 4 nitrogen and oxygen atoms in total. The molecule has 3 rings (SSSR count). The van der Waals surface area contributed by atoms with Gasteiger partial charge in [-0.1, -0.05) is 18.2 Å². The van der Waals surface area contributed by atoms with Gasteiger partial charge >= 0.3 is 0 Å². The molecule has 0 radical (unpaired) electrons. The molecule has 20 heavy (non-hydrogen) atoms. The average Bonchev–Trinajstić information content (AvgIpc) is 3.26. The van der Waals surface area contributed by atoms with Crippen LogP contribution in [0.2, 0.25) is 0 Å². The molecule has 1 unspecified atom stereocenters. The van der Waals surface area contributed by atoms with E-state index in [1.54, 1.807) is 17.8 Å². The molecule has 110 valence electrons. The molecular formula is C15H23N3OS. The number of rotatable bonds is 5. The number of hydrogen-bond donors (Lipinski definition) is 0. The molecule has 1 aromatic rings. The van der Waals surface area contributed by atoms with Crippen LogP contribution in [0.1, 0.15) is 44.6 Å². The van der Waals surface area contributed by atoms with E-state index < -0.39 is 0 Å². The first-order valence-electron chi connectivity index (χ1n) is 7.66. The second kappa shape index (κ2) is 6.31. The van der Waals surface area contributed by atoms with Crippen LogP contribution in [-0.4, -0.2) is 39.8 Å². The highest BCUT2D eigenvalue weighted by atomic mass is 32.2. The van der Waals surface area contributed by atoms with Crippen LogP contribution in [0.4, 0.5) is 0 Å². The zero-order chi connectivity index (χ0) is 13.9. The highest BCUT2D eigenvalue weighted by Crippen LogP contribution is 2.37. The third-order valence-corrected chi connectivity index (χ3v) is 5.35. The number of likely N-dealkylation sites (tertiary alicyclic amines) is 1. The maximum atomic E-state index is 11.5. The largest absolute Gasteiger partial charge is 0.324 e. The predicted octanol–water partition coefficient (Wildman–Crippen LogP) is 2.54. The van der Waals surface area contributed by atoms with Gasteiger partial charge in [-0.3, -0.25) is 4.79 Å². The van der Waals surface area contributed by atoms with Gasteiger partial charge in [0.2, 0.25) is 0 Å². The van der Waals surface area contributed by atoms with Crippen molar-refractivity contribution in [2.75, 3.05) is 19.3 Å². The Bertz CT molecular complexity index is 512. The van der Waals surface area contributed by atoms with E-state index in [4.69, 9.17) is 0 Å². The molecule has 2 aliphatic rings.